The molecule has 1 aliphatic carbocycles. The fourth-order valence-electron chi connectivity index (χ4n) is 3.86. The summed E-state index contributed by atoms with van der Waals surface area (Å²) in [6, 6.07) is 8.56. The monoisotopic (exact) mass is 333 g/mol. The molecule has 0 atom stereocenters. The highest BCUT2D eigenvalue weighted by molar-refractivity contribution is 6.02. The summed E-state index contributed by atoms with van der Waals surface area (Å²) in [5, 5.41) is 1.99. The average molecular weight is 333 g/mol. The zero-order valence-electron chi connectivity index (χ0n) is 13.7. The molecule has 0 bridgehead atoms. The van der Waals surface area contributed by atoms with Crippen LogP contribution in [-0.4, -0.2) is 21.1 Å². The molecule has 6 heteroatoms. The lowest BCUT2D eigenvalue weighted by molar-refractivity contribution is 0.209. The van der Waals surface area contributed by atoms with Gasteiger partial charge in [-0.1, -0.05) is 6.07 Å². The average Bonchev–Trinajstić information content (AvgIpc) is 3.19. The quantitative estimate of drug-likeness (QED) is 0.599. The van der Waals surface area contributed by atoms with E-state index in [1.165, 1.54) is 6.33 Å². The summed E-state index contributed by atoms with van der Waals surface area (Å²) in [6.07, 6.45) is 7.58. The van der Waals surface area contributed by atoms with Crippen molar-refractivity contribution in [2.45, 2.75) is 18.9 Å². The Hall–Kier alpha value is -2.86. The van der Waals surface area contributed by atoms with Gasteiger partial charge in [0.05, 0.1) is 11.6 Å². The number of rotatable bonds is 3. The third-order valence-corrected chi connectivity index (χ3v) is 5.34. The molecule has 1 saturated carbocycles. The molecule has 0 unspecified atom stereocenters. The SMILES string of the molecule is NCC1CC(n2cc(-c3ccc4occc4c3)c3c(N)ncnc32)C1. The molecule has 25 heavy (non-hydrogen) atoms. The second-order valence-electron chi connectivity index (χ2n) is 6.81. The van der Waals surface area contributed by atoms with E-state index >= 15 is 0 Å². The standard InChI is InChI=1S/C19H19N5O/c20-8-11-5-14(6-11)24-9-15(17-18(21)22-10-23-19(17)24)12-1-2-16-13(7-12)3-4-25-16/h1-4,7,9-11,14H,5-6,8,20H2,(H2,21,22,23). The molecule has 3 heterocycles. The van der Waals surface area contributed by atoms with Crippen LogP contribution in [0.5, 0.6) is 0 Å². The van der Waals surface area contributed by atoms with Crippen molar-refractivity contribution in [1.29, 1.82) is 0 Å². The predicted octanol–water partition coefficient (Wildman–Crippen LogP) is 3.34. The lowest BCUT2D eigenvalue weighted by Gasteiger charge is -2.35. The van der Waals surface area contributed by atoms with E-state index in [1.54, 1.807) is 6.26 Å². The van der Waals surface area contributed by atoms with Crippen molar-refractivity contribution in [1.82, 2.24) is 14.5 Å². The van der Waals surface area contributed by atoms with E-state index in [4.69, 9.17) is 15.9 Å². The Bertz CT molecular complexity index is 1070. The molecule has 0 radical (unpaired) electrons. The number of furan rings is 1. The van der Waals surface area contributed by atoms with E-state index < -0.39 is 0 Å². The van der Waals surface area contributed by atoms with Gasteiger partial charge in [-0.05, 0) is 49.1 Å². The number of hydrogen-bond acceptors (Lipinski definition) is 5. The molecule has 5 rings (SSSR count). The van der Waals surface area contributed by atoms with Crippen LogP contribution in [0.3, 0.4) is 0 Å². The summed E-state index contributed by atoms with van der Waals surface area (Å²) in [5.41, 5.74) is 15.9. The van der Waals surface area contributed by atoms with Gasteiger partial charge in [-0.15, -0.1) is 0 Å². The lowest BCUT2D eigenvalue weighted by atomic mass is 9.80. The van der Waals surface area contributed by atoms with Crippen LogP contribution in [-0.2, 0) is 0 Å². The summed E-state index contributed by atoms with van der Waals surface area (Å²) in [5.74, 6) is 1.12. The highest BCUT2D eigenvalue weighted by Crippen LogP contribution is 2.42. The van der Waals surface area contributed by atoms with Crippen molar-refractivity contribution >= 4 is 27.8 Å². The smallest absolute Gasteiger partial charge is 0.146 e. The predicted molar refractivity (Wildman–Crippen MR) is 98.0 cm³/mol. The van der Waals surface area contributed by atoms with Gasteiger partial charge >= 0.3 is 0 Å². The van der Waals surface area contributed by atoms with Crippen molar-refractivity contribution in [3.63, 3.8) is 0 Å². The first-order valence-electron chi connectivity index (χ1n) is 8.53. The molecule has 1 fully saturated rings. The Morgan fingerprint density at radius 2 is 2.08 bits per heavy atom. The number of anilines is 1. The van der Waals surface area contributed by atoms with Crippen molar-refractivity contribution in [3.05, 3.63) is 43.1 Å². The summed E-state index contributed by atoms with van der Waals surface area (Å²) in [6.45, 7) is 0.747. The van der Waals surface area contributed by atoms with Gasteiger partial charge in [0.15, 0.2) is 0 Å². The molecule has 126 valence electrons. The van der Waals surface area contributed by atoms with Gasteiger partial charge in [-0.2, -0.15) is 0 Å². The van der Waals surface area contributed by atoms with Gasteiger partial charge in [0.25, 0.3) is 0 Å². The van der Waals surface area contributed by atoms with Crippen LogP contribution in [0.15, 0.2) is 47.5 Å². The summed E-state index contributed by atoms with van der Waals surface area (Å²) < 4.78 is 7.69. The van der Waals surface area contributed by atoms with E-state index in [0.29, 0.717) is 17.8 Å². The Labute approximate surface area is 144 Å². The zero-order valence-corrected chi connectivity index (χ0v) is 13.7. The number of nitrogen functional groups attached to an aromatic ring is 1. The van der Waals surface area contributed by atoms with Crippen molar-refractivity contribution in [3.8, 4) is 11.1 Å². The fraction of sp³-hybridized carbons (Fsp3) is 0.263. The third-order valence-electron chi connectivity index (χ3n) is 5.34. The van der Waals surface area contributed by atoms with E-state index in [9.17, 15) is 0 Å². The van der Waals surface area contributed by atoms with Crippen molar-refractivity contribution in [2.24, 2.45) is 11.7 Å². The molecular weight excluding hydrogens is 314 g/mol. The minimum absolute atomic E-state index is 0.428. The van der Waals surface area contributed by atoms with Gasteiger partial charge in [0, 0.05) is 23.2 Å². The highest BCUT2D eigenvalue weighted by Gasteiger charge is 2.31. The molecule has 1 aromatic carbocycles. The lowest BCUT2D eigenvalue weighted by Crippen LogP contribution is -2.31. The van der Waals surface area contributed by atoms with E-state index in [0.717, 1.165) is 52.5 Å². The van der Waals surface area contributed by atoms with Gasteiger partial charge in [0.1, 0.15) is 23.4 Å². The van der Waals surface area contributed by atoms with Crippen LogP contribution in [0, 0.1) is 5.92 Å². The second-order valence-corrected chi connectivity index (χ2v) is 6.81. The van der Waals surface area contributed by atoms with Crippen molar-refractivity contribution in [2.75, 3.05) is 12.3 Å². The normalized spacial score (nSPS) is 20.2. The first kappa shape index (κ1) is 14.5. The van der Waals surface area contributed by atoms with Gasteiger partial charge < -0.3 is 20.5 Å². The number of fused-ring (bicyclic) bond motifs is 2. The van der Waals surface area contributed by atoms with Crippen LogP contribution in [0.25, 0.3) is 33.1 Å². The number of aromatic nitrogens is 3. The third kappa shape index (κ3) is 2.14. The summed E-state index contributed by atoms with van der Waals surface area (Å²) in [4.78, 5) is 8.72. The minimum atomic E-state index is 0.428. The maximum Gasteiger partial charge on any atom is 0.146 e. The molecule has 0 aliphatic heterocycles. The van der Waals surface area contributed by atoms with Crippen LogP contribution < -0.4 is 11.5 Å². The van der Waals surface area contributed by atoms with E-state index in [-0.39, 0.29) is 0 Å². The first-order chi connectivity index (χ1) is 12.2. The van der Waals surface area contributed by atoms with Gasteiger partial charge in [0.2, 0.25) is 0 Å². The first-order valence-corrected chi connectivity index (χ1v) is 8.53. The molecule has 0 saturated heterocycles. The topological polar surface area (TPSA) is 95.9 Å². The summed E-state index contributed by atoms with van der Waals surface area (Å²) >= 11 is 0. The fourth-order valence-corrected chi connectivity index (χ4v) is 3.86. The minimum Gasteiger partial charge on any atom is -0.464 e. The number of nitrogens with two attached hydrogens (primary N) is 2. The molecule has 4 aromatic rings. The molecule has 3 aromatic heterocycles. The molecule has 4 N–H and O–H groups in total. The molecule has 0 amide bonds. The summed E-state index contributed by atoms with van der Waals surface area (Å²) in [7, 11) is 0. The molecule has 0 spiro atoms. The van der Waals surface area contributed by atoms with E-state index in [1.807, 2.05) is 12.1 Å². The second kappa shape index (κ2) is 5.32. The van der Waals surface area contributed by atoms with Gasteiger partial charge in [-0.25, -0.2) is 9.97 Å². The number of benzene rings is 1. The number of hydrogen-bond donors (Lipinski definition) is 2. The Morgan fingerprint density at radius 1 is 1.20 bits per heavy atom. The largest absolute Gasteiger partial charge is 0.464 e. The van der Waals surface area contributed by atoms with E-state index in [2.05, 4.69) is 32.9 Å². The van der Waals surface area contributed by atoms with Crippen LogP contribution >= 0.6 is 0 Å². The van der Waals surface area contributed by atoms with Crippen molar-refractivity contribution < 1.29 is 4.42 Å². The van der Waals surface area contributed by atoms with Crippen LogP contribution in [0.2, 0.25) is 0 Å². The molecule has 6 nitrogen and oxygen atoms in total. The highest BCUT2D eigenvalue weighted by atomic mass is 16.3. The molecular formula is C19H19N5O. The van der Waals surface area contributed by atoms with Crippen LogP contribution in [0.4, 0.5) is 5.82 Å². The maximum atomic E-state index is 6.21. The Balaban J connectivity index is 1.69. The maximum absolute atomic E-state index is 6.21. The molecule has 1 aliphatic rings. The Morgan fingerprint density at radius 3 is 2.92 bits per heavy atom. The zero-order chi connectivity index (χ0) is 17.0. The van der Waals surface area contributed by atoms with Crippen LogP contribution in [0.1, 0.15) is 18.9 Å². The van der Waals surface area contributed by atoms with Gasteiger partial charge in [-0.3, -0.25) is 0 Å². The Kier molecular flexibility index (Phi) is 3.08. The number of nitrogens with zero attached hydrogens (tertiary/aromatic N) is 3.